The Bertz CT molecular complexity index is 839. The molecule has 1 aromatic carbocycles. The first-order chi connectivity index (χ1) is 10.2. The van der Waals surface area contributed by atoms with Crippen LogP contribution in [0.4, 0.5) is 5.82 Å². The molecule has 0 saturated heterocycles. The average molecular weight is 342 g/mol. The van der Waals surface area contributed by atoms with Crippen LogP contribution in [0.2, 0.25) is 5.02 Å². The van der Waals surface area contributed by atoms with Gasteiger partial charge in [0, 0.05) is 10.7 Å². The van der Waals surface area contributed by atoms with Gasteiger partial charge >= 0.3 is 0 Å². The van der Waals surface area contributed by atoms with Crippen molar-refractivity contribution < 1.29 is 18.3 Å². The third-order valence-corrected chi connectivity index (χ3v) is 5.69. The van der Waals surface area contributed by atoms with E-state index < -0.39 is 22.4 Å². The summed E-state index contributed by atoms with van der Waals surface area (Å²) >= 11 is 5.76. The van der Waals surface area contributed by atoms with Crippen LogP contribution in [0.5, 0.6) is 0 Å². The second kappa shape index (κ2) is 5.66. The molecule has 8 heteroatoms. The first kappa shape index (κ1) is 16.4. The smallest absolute Gasteiger partial charge is 0.210 e. The number of benzene rings is 1. The molecule has 0 aliphatic heterocycles. The molecule has 2 aromatic rings. The highest BCUT2D eigenvalue weighted by Crippen LogP contribution is 2.33. The summed E-state index contributed by atoms with van der Waals surface area (Å²) < 4.78 is 26.7. The largest absolute Gasteiger partial charge is 0.548 e. The summed E-state index contributed by atoms with van der Waals surface area (Å²) in [6.07, 6.45) is 0. The van der Waals surface area contributed by atoms with Gasteiger partial charge in [0.2, 0.25) is 9.84 Å². The molecule has 1 aromatic heterocycles. The predicted octanol–water partition coefficient (Wildman–Crippen LogP) is 0.923. The lowest BCUT2D eigenvalue weighted by molar-refractivity contribution is -0.306. The SMILES string of the molecule is Cc1c(S(=O)(=O)c2ccc(Cl)cc2)c(N)n(CC(=O)[O-])c1C. The van der Waals surface area contributed by atoms with Crippen molar-refractivity contribution >= 4 is 33.2 Å². The van der Waals surface area contributed by atoms with Gasteiger partial charge in [0.25, 0.3) is 0 Å². The minimum absolute atomic E-state index is 0.0392. The number of nitrogen functional groups attached to an aromatic ring is 1. The number of rotatable bonds is 4. The lowest BCUT2D eigenvalue weighted by Gasteiger charge is -2.10. The molecule has 22 heavy (non-hydrogen) atoms. The van der Waals surface area contributed by atoms with Crippen LogP contribution in [0, 0.1) is 13.8 Å². The molecule has 0 aliphatic carbocycles. The summed E-state index contributed by atoms with van der Waals surface area (Å²) in [6.45, 7) is 2.68. The Balaban J connectivity index is 2.66. The second-order valence-electron chi connectivity index (χ2n) is 4.84. The molecule has 0 radical (unpaired) electrons. The van der Waals surface area contributed by atoms with Crippen LogP contribution in [-0.2, 0) is 21.2 Å². The fraction of sp³-hybridized carbons (Fsp3) is 0.214. The summed E-state index contributed by atoms with van der Waals surface area (Å²) in [5, 5.41) is 11.2. The second-order valence-corrected chi connectivity index (χ2v) is 7.16. The molecule has 2 rings (SSSR count). The maximum atomic E-state index is 12.7. The van der Waals surface area contributed by atoms with Gasteiger partial charge < -0.3 is 20.2 Å². The van der Waals surface area contributed by atoms with E-state index >= 15 is 0 Å². The third-order valence-electron chi connectivity index (χ3n) is 3.49. The van der Waals surface area contributed by atoms with Gasteiger partial charge in [-0.2, -0.15) is 0 Å². The molecule has 0 aliphatic rings. The summed E-state index contributed by atoms with van der Waals surface area (Å²) in [5.41, 5.74) is 6.75. The number of halogens is 1. The molecule has 0 fully saturated rings. The van der Waals surface area contributed by atoms with Crippen molar-refractivity contribution in [3.63, 3.8) is 0 Å². The Morgan fingerprint density at radius 2 is 1.82 bits per heavy atom. The molecule has 2 N–H and O–H groups in total. The predicted molar refractivity (Wildman–Crippen MR) is 80.2 cm³/mol. The number of carboxylic acid groups (broad SMARTS) is 1. The fourth-order valence-electron chi connectivity index (χ4n) is 2.27. The van der Waals surface area contributed by atoms with E-state index in [1.165, 1.54) is 28.8 Å². The van der Waals surface area contributed by atoms with E-state index in [1.54, 1.807) is 13.8 Å². The molecule has 0 saturated carbocycles. The van der Waals surface area contributed by atoms with Crippen LogP contribution in [-0.4, -0.2) is 19.0 Å². The van der Waals surface area contributed by atoms with E-state index in [4.69, 9.17) is 17.3 Å². The van der Waals surface area contributed by atoms with Crippen LogP contribution < -0.4 is 10.8 Å². The Hall–Kier alpha value is -1.99. The van der Waals surface area contributed by atoms with E-state index in [1.807, 2.05) is 0 Å². The van der Waals surface area contributed by atoms with Crippen LogP contribution in [0.3, 0.4) is 0 Å². The first-order valence-corrected chi connectivity index (χ1v) is 8.18. The molecular weight excluding hydrogens is 328 g/mol. The lowest BCUT2D eigenvalue weighted by Crippen LogP contribution is -2.28. The summed E-state index contributed by atoms with van der Waals surface area (Å²) in [7, 11) is -3.87. The van der Waals surface area contributed by atoms with Crippen molar-refractivity contribution in [2.24, 2.45) is 0 Å². The van der Waals surface area contributed by atoms with Crippen molar-refractivity contribution in [3.8, 4) is 0 Å². The van der Waals surface area contributed by atoms with Gasteiger partial charge in [-0.1, -0.05) is 11.6 Å². The molecule has 6 nitrogen and oxygen atoms in total. The first-order valence-electron chi connectivity index (χ1n) is 6.32. The van der Waals surface area contributed by atoms with E-state index in [0.717, 1.165) is 0 Å². The average Bonchev–Trinajstić information content (AvgIpc) is 2.63. The number of anilines is 1. The topological polar surface area (TPSA) is 105 Å². The van der Waals surface area contributed by atoms with Crippen molar-refractivity contribution in [2.45, 2.75) is 30.2 Å². The molecule has 0 bridgehead atoms. The Kier molecular flexibility index (Phi) is 4.21. The van der Waals surface area contributed by atoms with Gasteiger partial charge in [0.15, 0.2) is 0 Å². The number of nitrogens with zero attached hydrogens (tertiary/aromatic N) is 1. The van der Waals surface area contributed by atoms with E-state index in [2.05, 4.69) is 0 Å². The minimum Gasteiger partial charge on any atom is -0.548 e. The molecule has 0 atom stereocenters. The van der Waals surface area contributed by atoms with E-state index in [0.29, 0.717) is 16.3 Å². The lowest BCUT2D eigenvalue weighted by atomic mass is 10.3. The minimum atomic E-state index is -3.87. The van der Waals surface area contributed by atoms with Crippen LogP contribution in [0.15, 0.2) is 34.1 Å². The zero-order valence-corrected chi connectivity index (χ0v) is 13.5. The van der Waals surface area contributed by atoms with Gasteiger partial charge in [-0.15, -0.1) is 0 Å². The van der Waals surface area contributed by atoms with E-state index in [-0.39, 0.29) is 15.6 Å². The van der Waals surface area contributed by atoms with Crippen molar-refractivity contribution in [3.05, 3.63) is 40.5 Å². The zero-order chi connectivity index (χ0) is 16.7. The highest BCUT2D eigenvalue weighted by atomic mass is 35.5. The normalized spacial score (nSPS) is 11.6. The van der Waals surface area contributed by atoms with Crippen LogP contribution in [0.1, 0.15) is 11.3 Å². The maximum absolute atomic E-state index is 12.7. The zero-order valence-electron chi connectivity index (χ0n) is 12.0. The van der Waals surface area contributed by atoms with E-state index in [9.17, 15) is 18.3 Å². The molecule has 0 amide bonds. The van der Waals surface area contributed by atoms with Gasteiger partial charge in [-0.05, 0) is 43.7 Å². The fourth-order valence-corrected chi connectivity index (χ4v) is 4.06. The Morgan fingerprint density at radius 1 is 1.27 bits per heavy atom. The number of aromatic nitrogens is 1. The number of carbonyl (C=O) groups excluding carboxylic acids is 1. The van der Waals surface area contributed by atoms with Crippen LogP contribution in [0.25, 0.3) is 0 Å². The number of sulfone groups is 1. The number of aliphatic carboxylic acids is 1. The standard InChI is InChI=1S/C14H15ClN2O4S/c1-8-9(2)17(7-12(18)19)14(16)13(8)22(20,21)11-5-3-10(15)4-6-11/h3-6H,7,16H2,1-2H3,(H,18,19)/p-1. The van der Waals surface area contributed by atoms with Crippen molar-refractivity contribution in [1.29, 1.82) is 0 Å². The Labute approximate surface area is 133 Å². The summed E-state index contributed by atoms with van der Waals surface area (Å²) in [5.74, 6) is -1.46. The monoisotopic (exact) mass is 341 g/mol. The van der Waals surface area contributed by atoms with Gasteiger partial charge in [-0.25, -0.2) is 8.42 Å². The molecule has 0 spiro atoms. The molecular formula is C14H14ClN2O4S-. The molecule has 118 valence electrons. The quantitative estimate of drug-likeness (QED) is 0.890. The molecule has 0 unspecified atom stereocenters. The summed E-state index contributed by atoms with van der Waals surface area (Å²) in [6, 6.07) is 5.68. The number of hydrogen-bond acceptors (Lipinski definition) is 5. The van der Waals surface area contributed by atoms with Gasteiger partial charge in [-0.3, -0.25) is 0 Å². The number of hydrogen-bond donors (Lipinski definition) is 1. The molecule has 1 heterocycles. The Morgan fingerprint density at radius 3 is 2.32 bits per heavy atom. The van der Waals surface area contributed by atoms with Gasteiger partial charge in [0.05, 0.1) is 17.4 Å². The number of nitrogens with two attached hydrogens (primary N) is 1. The highest BCUT2D eigenvalue weighted by Gasteiger charge is 2.28. The van der Waals surface area contributed by atoms with Crippen molar-refractivity contribution in [2.75, 3.05) is 5.73 Å². The number of carbonyl (C=O) groups is 1. The van der Waals surface area contributed by atoms with Crippen LogP contribution >= 0.6 is 11.6 Å². The maximum Gasteiger partial charge on any atom is 0.210 e. The van der Waals surface area contributed by atoms with Gasteiger partial charge in [0.1, 0.15) is 10.7 Å². The highest BCUT2D eigenvalue weighted by molar-refractivity contribution is 7.91. The van der Waals surface area contributed by atoms with Crippen molar-refractivity contribution in [1.82, 2.24) is 4.57 Å². The number of carboxylic acids is 1. The third kappa shape index (κ3) is 2.69. The summed E-state index contributed by atoms with van der Waals surface area (Å²) in [4.78, 5) is 10.7.